The van der Waals surface area contributed by atoms with Gasteiger partial charge in [-0.25, -0.2) is 9.18 Å². The summed E-state index contributed by atoms with van der Waals surface area (Å²) < 4.78 is 58.2. The van der Waals surface area contributed by atoms with Gasteiger partial charge in [0.2, 0.25) is 5.78 Å². The van der Waals surface area contributed by atoms with Crippen molar-refractivity contribution in [2.75, 3.05) is 13.2 Å². The van der Waals surface area contributed by atoms with Crippen molar-refractivity contribution in [3.63, 3.8) is 0 Å². The number of carbonyl (C=O) groups is 3. The molecule has 8 atom stereocenters. The van der Waals surface area contributed by atoms with Gasteiger partial charge in [0.1, 0.15) is 12.8 Å². The standard InChI is InChI=1S/C33H40ClFO9S/c1-4-5-6-15-42-30(39)44-33(28(38)19-43-45(40,41)22-9-7-20(34)8-10-22)14-12-24-23-17-26(35)25-16-21(36)11-13-31(25,2)29(23)27(37)18-32(24,33)3/h7-11,13,16,23-24,26-27,29,37H,4-6,12,14-15,17-19H2,1-3H3/t23-,24-,26-,27?,29+,31-,32-,33-/m0/s1. The minimum Gasteiger partial charge on any atom is -0.434 e. The molecule has 12 heteroatoms. The number of rotatable bonds is 10. The Hall–Kier alpha value is -2.60. The number of allylic oxidation sites excluding steroid dienone is 4. The molecule has 246 valence electrons. The fourth-order valence-corrected chi connectivity index (χ4v) is 9.60. The number of carbonyl (C=O) groups excluding carboxylic acids is 3. The van der Waals surface area contributed by atoms with Crippen molar-refractivity contribution in [3.05, 3.63) is 53.1 Å². The lowest BCUT2D eigenvalue weighted by Crippen LogP contribution is -2.64. The molecule has 0 bridgehead atoms. The maximum absolute atomic E-state index is 15.8. The number of ketones is 2. The van der Waals surface area contributed by atoms with Crippen LogP contribution >= 0.6 is 11.6 Å². The lowest BCUT2D eigenvalue weighted by Gasteiger charge is -2.60. The van der Waals surface area contributed by atoms with Crippen molar-refractivity contribution in [3.8, 4) is 0 Å². The van der Waals surface area contributed by atoms with Crippen LogP contribution in [0.3, 0.4) is 0 Å². The minimum absolute atomic E-state index is 0.0131. The molecule has 4 aliphatic carbocycles. The summed E-state index contributed by atoms with van der Waals surface area (Å²) in [5.41, 5.74) is -3.68. The second-order valence-electron chi connectivity index (χ2n) is 13.2. The number of fused-ring (bicyclic) bond motifs is 5. The van der Waals surface area contributed by atoms with Crippen LogP contribution < -0.4 is 0 Å². The highest BCUT2D eigenvalue weighted by molar-refractivity contribution is 7.86. The van der Waals surface area contributed by atoms with Crippen LogP contribution in [0.2, 0.25) is 5.02 Å². The van der Waals surface area contributed by atoms with E-state index in [-0.39, 0.29) is 42.5 Å². The van der Waals surface area contributed by atoms with Gasteiger partial charge in [0.15, 0.2) is 11.4 Å². The molecule has 0 radical (unpaired) electrons. The van der Waals surface area contributed by atoms with Crippen molar-refractivity contribution in [2.24, 2.45) is 28.6 Å². The Balaban J connectivity index is 1.47. The summed E-state index contributed by atoms with van der Waals surface area (Å²) in [5.74, 6) is -2.34. The minimum atomic E-state index is -4.38. The lowest BCUT2D eigenvalue weighted by molar-refractivity contribution is -0.185. The van der Waals surface area contributed by atoms with E-state index in [9.17, 15) is 27.9 Å². The zero-order valence-electron chi connectivity index (χ0n) is 25.7. The number of alkyl halides is 1. The largest absolute Gasteiger partial charge is 0.509 e. The Bertz CT molecular complexity index is 1510. The zero-order valence-corrected chi connectivity index (χ0v) is 27.2. The normalized spacial score (nSPS) is 35.6. The third-order valence-corrected chi connectivity index (χ3v) is 12.2. The number of Topliss-reactive ketones (excluding diaryl/α,β-unsaturated/α-hetero) is 1. The molecular formula is C33H40ClFO9S. The van der Waals surface area contributed by atoms with E-state index in [1.54, 1.807) is 13.0 Å². The van der Waals surface area contributed by atoms with Crippen LogP contribution in [0.25, 0.3) is 0 Å². The van der Waals surface area contributed by atoms with E-state index in [0.717, 1.165) is 12.8 Å². The molecule has 45 heavy (non-hydrogen) atoms. The van der Waals surface area contributed by atoms with E-state index >= 15 is 4.39 Å². The number of aliphatic hydroxyl groups excluding tert-OH is 1. The SMILES string of the molecule is CCCCCOC(=O)O[C@]1(C(=O)COS(=O)(=O)c2ccc(Cl)cc2)CC[C@H]2[C@@H]3C[C@H](F)C4=CC(=O)C=C[C@]4(C)[C@H]3C(O)C[C@@]21C. The van der Waals surface area contributed by atoms with Crippen LogP contribution in [0.4, 0.5) is 9.18 Å². The highest BCUT2D eigenvalue weighted by Gasteiger charge is 2.71. The Morgan fingerprint density at radius 3 is 2.56 bits per heavy atom. The molecule has 0 aromatic heterocycles. The maximum atomic E-state index is 15.8. The third-order valence-electron chi connectivity index (χ3n) is 10.7. The number of halogens is 2. The predicted octanol–water partition coefficient (Wildman–Crippen LogP) is 5.92. The second-order valence-corrected chi connectivity index (χ2v) is 15.2. The summed E-state index contributed by atoms with van der Waals surface area (Å²) in [7, 11) is -4.38. The molecule has 1 aromatic carbocycles. The first kappa shape index (κ1) is 33.8. The van der Waals surface area contributed by atoms with Gasteiger partial charge in [-0.05, 0) is 85.9 Å². The molecule has 9 nitrogen and oxygen atoms in total. The van der Waals surface area contributed by atoms with E-state index < -0.39 is 69.2 Å². The van der Waals surface area contributed by atoms with E-state index in [1.807, 2.05) is 13.8 Å². The van der Waals surface area contributed by atoms with Gasteiger partial charge in [-0.3, -0.25) is 13.8 Å². The van der Waals surface area contributed by atoms with Gasteiger partial charge in [-0.15, -0.1) is 0 Å². The summed E-state index contributed by atoms with van der Waals surface area (Å²) in [4.78, 5) is 39.2. The number of unbranched alkanes of at least 4 members (excludes halogenated alkanes) is 2. The Morgan fingerprint density at radius 1 is 1.16 bits per heavy atom. The van der Waals surface area contributed by atoms with Gasteiger partial charge in [-0.1, -0.05) is 51.3 Å². The number of aliphatic hydroxyl groups is 1. The molecule has 3 fully saturated rings. The van der Waals surface area contributed by atoms with Gasteiger partial charge in [-0.2, -0.15) is 8.42 Å². The maximum Gasteiger partial charge on any atom is 0.509 e. The molecule has 0 amide bonds. The van der Waals surface area contributed by atoms with Crippen molar-refractivity contribution in [1.82, 2.24) is 0 Å². The second kappa shape index (κ2) is 12.5. The first-order valence-electron chi connectivity index (χ1n) is 15.5. The van der Waals surface area contributed by atoms with Gasteiger partial charge in [0, 0.05) is 21.8 Å². The van der Waals surface area contributed by atoms with Gasteiger partial charge >= 0.3 is 6.16 Å². The third kappa shape index (κ3) is 5.90. The molecule has 0 spiro atoms. The number of hydrogen-bond donors (Lipinski definition) is 1. The molecule has 5 rings (SSSR count). The van der Waals surface area contributed by atoms with Crippen molar-refractivity contribution < 1.29 is 46.0 Å². The Kier molecular flexibility index (Phi) is 9.41. The lowest BCUT2D eigenvalue weighted by atomic mass is 9.46. The molecule has 0 saturated heterocycles. The summed E-state index contributed by atoms with van der Waals surface area (Å²) in [6, 6.07) is 5.25. The summed E-state index contributed by atoms with van der Waals surface area (Å²) in [6.07, 6.45) is 3.55. The summed E-state index contributed by atoms with van der Waals surface area (Å²) in [5, 5.41) is 12.1. The predicted molar refractivity (Wildman–Crippen MR) is 163 cm³/mol. The zero-order chi connectivity index (χ0) is 32.8. The number of ether oxygens (including phenoxy) is 2. The van der Waals surface area contributed by atoms with Crippen molar-refractivity contribution in [1.29, 1.82) is 0 Å². The van der Waals surface area contributed by atoms with Crippen LogP contribution in [0.1, 0.15) is 65.7 Å². The fraction of sp³-hybridized carbons (Fsp3) is 0.606. The molecule has 0 heterocycles. The van der Waals surface area contributed by atoms with Gasteiger partial charge in [0.25, 0.3) is 10.1 Å². The van der Waals surface area contributed by atoms with Gasteiger partial charge < -0.3 is 14.6 Å². The molecule has 1 N–H and O–H groups in total. The average molecular weight is 667 g/mol. The molecule has 1 aromatic rings. The molecule has 1 unspecified atom stereocenters. The van der Waals surface area contributed by atoms with Crippen LogP contribution in [0.5, 0.6) is 0 Å². The highest BCUT2D eigenvalue weighted by Crippen LogP contribution is 2.68. The first-order valence-corrected chi connectivity index (χ1v) is 17.3. The fourth-order valence-electron chi connectivity index (χ4n) is 8.60. The van der Waals surface area contributed by atoms with Gasteiger partial charge in [0.05, 0.1) is 17.6 Å². The van der Waals surface area contributed by atoms with E-state index in [0.29, 0.717) is 23.4 Å². The molecule has 3 saturated carbocycles. The van der Waals surface area contributed by atoms with Crippen LogP contribution in [-0.2, 0) is 33.4 Å². The topological polar surface area (TPSA) is 133 Å². The van der Waals surface area contributed by atoms with Crippen molar-refractivity contribution in [2.45, 2.75) is 88.5 Å². The van der Waals surface area contributed by atoms with Crippen molar-refractivity contribution >= 4 is 39.4 Å². The highest BCUT2D eigenvalue weighted by atomic mass is 35.5. The van der Waals surface area contributed by atoms with E-state index in [1.165, 1.54) is 36.4 Å². The smallest absolute Gasteiger partial charge is 0.434 e. The van der Waals surface area contributed by atoms with Crippen LogP contribution in [0, 0.1) is 28.6 Å². The Labute approximate surface area is 268 Å². The monoisotopic (exact) mass is 666 g/mol. The van der Waals surface area contributed by atoms with E-state index in [2.05, 4.69) is 0 Å². The molecule has 0 aliphatic heterocycles. The molecular weight excluding hydrogens is 627 g/mol. The summed E-state index contributed by atoms with van der Waals surface area (Å²) >= 11 is 5.88. The van der Waals surface area contributed by atoms with E-state index in [4.69, 9.17) is 25.3 Å². The number of benzene rings is 1. The average Bonchev–Trinajstić information content (AvgIpc) is 3.27. The Morgan fingerprint density at radius 2 is 1.87 bits per heavy atom. The molecule has 4 aliphatic rings. The first-order chi connectivity index (χ1) is 21.2. The number of hydrogen-bond acceptors (Lipinski definition) is 9. The van der Waals surface area contributed by atoms with Crippen LogP contribution in [0.15, 0.2) is 53.0 Å². The van der Waals surface area contributed by atoms with Crippen LogP contribution in [-0.4, -0.2) is 62.3 Å². The quantitative estimate of drug-likeness (QED) is 0.183. The summed E-state index contributed by atoms with van der Waals surface area (Å²) in [6.45, 7) is 4.71.